The summed E-state index contributed by atoms with van der Waals surface area (Å²) in [5, 5.41) is 5.87. The molecule has 214 valence electrons. The van der Waals surface area contributed by atoms with Gasteiger partial charge in [-0.1, -0.05) is 92.1 Å². The Morgan fingerprint density at radius 1 is 0.386 bits per heavy atom. The maximum atomic E-state index is 2.60. The minimum Gasteiger partial charge on any atom is -0.0614 e. The van der Waals surface area contributed by atoms with Crippen molar-refractivity contribution in [3.05, 3.63) is 130 Å². The molecule has 4 aliphatic rings. The zero-order valence-electron chi connectivity index (χ0n) is 25.5. The summed E-state index contributed by atoms with van der Waals surface area (Å²) in [6.07, 6.45) is 13.9. The third-order valence-electron chi connectivity index (χ3n) is 11.8. The summed E-state index contributed by atoms with van der Waals surface area (Å²) in [6.45, 7) is 0. The molecule has 0 bridgehead atoms. The molecule has 44 heavy (non-hydrogen) atoms. The van der Waals surface area contributed by atoms with Crippen LogP contribution in [0.5, 0.6) is 0 Å². The van der Waals surface area contributed by atoms with Crippen molar-refractivity contribution >= 4 is 21.5 Å². The van der Waals surface area contributed by atoms with E-state index in [1.54, 1.807) is 22.3 Å². The number of benzene rings is 6. The highest BCUT2D eigenvalue weighted by atomic mass is 14.5. The smallest absolute Gasteiger partial charge is 0.0215 e. The van der Waals surface area contributed by atoms with Gasteiger partial charge >= 0.3 is 0 Å². The highest BCUT2D eigenvalue weighted by Gasteiger charge is 2.44. The van der Waals surface area contributed by atoms with E-state index in [-0.39, 0.29) is 5.41 Å². The standard InChI is InChI=1S/C44H38/c1-2-20-44(21-3-1)40-26-30(36-22-32-12-4-8-28-9-5-13-33(23-36)42(28)32)16-18-38(40)39-19-17-31(27-41(39)44)37-24-34-14-6-10-29-11-7-15-35(25-37)43(29)34/h4,6,8,10,12,14,16-19,22-27H,1-3,5,7,9,11,13,15,20-21H2. The first-order valence-electron chi connectivity index (χ1n) is 17.1. The largest absolute Gasteiger partial charge is 0.0614 e. The molecule has 0 heteroatoms. The monoisotopic (exact) mass is 566 g/mol. The molecule has 10 rings (SSSR count). The molecule has 0 heterocycles. The fourth-order valence-electron chi connectivity index (χ4n) is 9.83. The molecule has 6 aromatic carbocycles. The second-order valence-corrected chi connectivity index (χ2v) is 14.2. The summed E-state index contributed by atoms with van der Waals surface area (Å²) >= 11 is 0. The van der Waals surface area contributed by atoms with Crippen LogP contribution >= 0.6 is 0 Å². The third kappa shape index (κ3) is 3.58. The van der Waals surface area contributed by atoms with Gasteiger partial charge in [-0.3, -0.25) is 0 Å². The van der Waals surface area contributed by atoms with E-state index in [1.165, 1.54) is 137 Å². The van der Waals surface area contributed by atoms with Gasteiger partial charge in [-0.2, -0.15) is 0 Å². The Kier molecular flexibility index (Phi) is 5.39. The lowest BCUT2D eigenvalue weighted by atomic mass is 9.67. The van der Waals surface area contributed by atoms with Crippen LogP contribution in [-0.2, 0) is 31.1 Å². The Labute approximate surface area is 260 Å². The van der Waals surface area contributed by atoms with Gasteiger partial charge < -0.3 is 0 Å². The fourth-order valence-corrected chi connectivity index (χ4v) is 9.83. The molecule has 0 amide bonds. The lowest BCUT2D eigenvalue weighted by molar-refractivity contribution is 0.353. The highest BCUT2D eigenvalue weighted by molar-refractivity contribution is 5.96. The molecule has 1 saturated carbocycles. The van der Waals surface area contributed by atoms with E-state index in [9.17, 15) is 0 Å². The predicted molar refractivity (Wildman–Crippen MR) is 186 cm³/mol. The average Bonchev–Trinajstić information content (AvgIpc) is 3.33. The Bertz CT molecular complexity index is 2000. The van der Waals surface area contributed by atoms with Crippen LogP contribution in [0.4, 0.5) is 0 Å². The van der Waals surface area contributed by atoms with Crippen molar-refractivity contribution in [3.63, 3.8) is 0 Å². The first kappa shape index (κ1) is 25.2. The van der Waals surface area contributed by atoms with Gasteiger partial charge in [-0.05, 0) is 164 Å². The molecule has 0 aromatic heterocycles. The highest BCUT2D eigenvalue weighted by Crippen LogP contribution is 2.57. The normalized spacial score (nSPS) is 17.6. The van der Waals surface area contributed by atoms with Crippen molar-refractivity contribution < 1.29 is 0 Å². The van der Waals surface area contributed by atoms with Gasteiger partial charge in [0.1, 0.15) is 0 Å². The zero-order valence-corrected chi connectivity index (χ0v) is 25.5. The SMILES string of the molecule is c1cc2c3c(cc(-c4ccc5c(c4)C4(CCCCC4)c4cc(-c6cc7c8c(cccc8c6)CCC7)ccc4-5)cc3c1)CCC2. The molecule has 0 aliphatic heterocycles. The Morgan fingerprint density at radius 2 is 0.886 bits per heavy atom. The van der Waals surface area contributed by atoms with Crippen LogP contribution < -0.4 is 0 Å². The van der Waals surface area contributed by atoms with E-state index < -0.39 is 0 Å². The summed E-state index contributed by atoms with van der Waals surface area (Å²) in [4.78, 5) is 0. The minimum atomic E-state index is 0.130. The van der Waals surface area contributed by atoms with E-state index >= 15 is 0 Å². The van der Waals surface area contributed by atoms with Gasteiger partial charge in [0.25, 0.3) is 0 Å². The topological polar surface area (TPSA) is 0 Å². The summed E-state index contributed by atoms with van der Waals surface area (Å²) in [7, 11) is 0. The molecule has 0 N–H and O–H groups in total. The van der Waals surface area contributed by atoms with Gasteiger partial charge in [0.2, 0.25) is 0 Å². The van der Waals surface area contributed by atoms with Crippen LogP contribution in [0.3, 0.4) is 0 Å². The summed E-state index contributed by atoms with van der Waals surface area (Å²) in [6, 6.07) is 38.7. The number of fused-ring (bicyclic) bond motifs is 5. The van der Waals surface area contributed by atoms with Gasteiger partial charge in [-0.15, -0.1) is 0 Å². The van der Waals surface area contributed by atoms with Crippen LogP contribution in [0.25, 0.3) is 54.9 Å². The molecule has 1 fully saturated rings. The molecule has 6 aromatic rings. The van der Waals surface area contributed by atoms with Gasteiger partial charge in [0, 0.05) is 5.41 Å². The Morgan fingerprint density at radius 3 is 1.41 bits per heavy atom. The van der Waals surface area contributed by atoms with Crippen LogP contribution in [0, 0.1) is 0 Å². The van der Waals surface area contributed by atoms with Crippen molar-refractivity contribution in [2.75, 3.05) is 0 Å². The molecule has 4 aliphatic carbocycles. The molecular weight excluding hydrogens is 528 g/mol. The van der Waals surface area contributed by atoms with E-state index in [0.29, 0.717) is 0 Å². The van der Waals surface area contributed by atoms with Crippen LogP contribution in [0.15, 0.2) is 97.1 Å². The van der Waals surface area contributed by atoms with Gasteiger partial charge in [0.05, 0.1) is 0 Å². The number of hydrogen-bond acceptors (Lipinski definition) is 0. The Hall–Kier alpha value is -4.16. The second kappa shape index (κ2) is 9.42. The second-order valence-electron chi connectivity index (χ2n) is 14.2. The number of rotatable bonds is 2. The maximum absolute atomic E-state index is 2.60. The molecule has 0 atom stereocenters. The first-order valence-corrected chi connectivity index (χ1v) is 17.1. The third-order valence-corrected chi connectivity index (χ3v) is 11.8. The van der Waals surface area contributed by atoms with Crippen molar-refractivity contribution in [1.29, 1.82) is 0 Å². The molecule has 0 nitrogen and oxygen atoms in total. The number of hydrogen-bond donors (Lipinski definition) is 0. The fraction of sp³-hybridized carbons (Fsp3) is 0.273. The van der Waals surface area contributed by atoms with Crippen molar-refractivity contribution in [2.45, 2.75) is 76.0 Å². The van der Waals surface area contributed by atoms with E-state index in [1.807, 2.05) is 0 Å². The van der Waals surface area contributed by atoms with Gasteiger partial charge in [0.15, 0.2) is 0 Å². The number of aryl methyl sites for hydroxylation is 4. The zero-order chi connectivity index (χ0) is 28.8. The van der Waals surface area contributed by atoms with Crippen molar-refractivity contribution in [3.8, 4) is 33.4 Å². The van der Waals surface area contributed by atoms with Crippen molar-refractivity contribution in [1.82, 2.24) is 0 Å². The van der Waals surface area contributed by atoms with E-state index in [4.69, 9.17) is 0 Å². The predicted octanol–water partition coefficient (Wildman–Crippen LogP) is 11.5. The molecule has 0 saturated heterocycles. The van der Waals surface area contributed by atoms with E-state index in [0.717, 1.165) is 0 Å². The lowest BCUT2D eigenvalue weighted by Crippen LogP contribution is -2.28. The molecular formula is C44H38. The average molecular weight is 567 g/mol. The quantitative estimate of drug-likeness (QED) is 0.196. The van der Waals surface area contributed by atoms with Gasteiger partial charge in [-0.25, -0.2) is 0 Å². The first-order chi connectivity index (χ1) is 21.7. The Balaban J connectivity index is 1.12. The van der Waals surface area contributed by atoms with Crippen LogP contribution in [0.1, 0.15) is 78.3 Å². The molecule has 1 spiro atoms. The minimum absolute atomic E-state index is 0.130. The van der Waals surface area contributed by atoms with Crippen molar-refractivity contribution in [2.24, 2.45) is 0 Å². The maximum Gasteiger partial charge on any atom is 0.0215 e. The van der Waals surface area contributed by atoms with Crippen LogP contribution in [0.2, 0.25) is 0 Å². The molecule has 0 unspecified atom stereocenters. The van der Waals surface area contributed by atoms with E-state index in [2.05, 4.69) is 97.1 Å². The lowest BCUT2D eigenvalue weighted by Gasteiger charge is -2.36. The summed E-state index contributed by atoms with van der Waals surface area (Å²) in [5.41, 5.74) is 18.0. The molecule has 0 radical (unpaired) electrons. The summed E-state index contributed by atoms with van der Waals surface area (Å²) in [5.74, 6) is 0. The summed E-state index contributed by atoms with van der Waals surface area (Å²) < 4.78 is 0. The van der Waals surface area contributed by atoms with Crippen LogP contribution in [-0.4, -0.2) is 0 Å².